The molecule has 8 heteroatoms. The van der Waals surface area contributed by atoms with Crippen LogP contribution in [0.5, 0.6) is 0 Å². The first-order chi connectivity index (χ1) is 11.6. The number of hydrogen-bond acceptors (Lipinski definition) is 6. The summed E-state index contributed by atoms with van der Waals surface area (Å²) < 4.78 is 6.30. The highest BCUT2D eigenvalue weighted by molar-refractivity contribution is 7.99. The Morgan fingerprint density at radius 2 is 2.04 bits per heavy atom. The van der Waals surface area contributed by atoms with Crippen molar-refractivity contribution in [2.45, 2.75) is 11.8 Å². The van der Waals surface area contributed by atoms with Gasteiger partial charge in [-0.1, -0.05) is 41.6 Å². The number of rotatable bonds is 6. The van der Waals surface area contributed by atoms with Gasteiger partial charge in [0.15, 0.2) is 0 Å². The number of thioether (sulfide) groups is 1. The van der Waals surface area contributed by atoms with Crippen molar-refractivity contribution >= 4 is 40.6 Å². The van der Waals surface area contributed by atoms with Crippen LogP contribution in [-0.4, -0.2) is 33.8 Å². The monoisotopic (exact) mass is 379 g/mol. The van der Waals surface area contributed by atoms with E-state index < -0.39 is 0 Å². The average molecular weight is 380 g/mol. The van der Waals surface area contributed by atoms with Crippen LogP contribution in [0.15, 0.2) is 52.1 Å². The summed E-state index contributed by atoms with van der Waals surface area (Å²) in [6.07, 6.45) is 0. The molecule has 3 rings (SSSR count). The van der Waals surface area contributed by atoms with E-state index in [0.717, 1.165) is 14.8 Å². The summed E-state index contributed by atoms with van der Waals surface area (Å²) in [6.45, 7) is 0.538. The van der Waals surface area contributed by atoms with Crippen LogP contribution < -0.4 is 0 Å². The molecular formula is C16H14ClN3O2S2. The Balaban J connectivity index is 1.53. The van der Waals surface area contributed by atoms with E-state index in [1.54, 1.807) is 11.9 Å². The number of nitrogens with zero attached hydrogens (tertiary/aromatic N) is 3. The molecule has 0 atom stereocenters. The molecule has 5 nitrogen and oxygen atoms in total. The normalized spacial score (nSPS) is 10.8. The maximum Gasteiger partial charge on any atom is 0.277 e. The molecule has 2 heterocycles. The van der Waals surface area contributed by atoms with Crippen LogP contribution in [0.1, 0.15) is 4.88 Å². The Hall–Kier alpha value is -1.83. The highest BCUT2D eigenvalue weighted by atomic mass is 35.5. The van der Waals surface area contributed by atoms with Crippen LogP contribution in [0.25, 0.3) is 11.5 Å². The van der Waals surface area contributed by atoms with E-state index in [1.165, 1.54) is 23.1 Å². The number of halogens is 1. The molecule has 0 N–H and O–H groups in total. The van der Waals surface area contributed by atoms with Gasteiger partial charge in [0.1, 0.15) is 0 Å². The smallest absolute Gasteiger partial charge is 0.277 e. The second kappa shape index (κ2) is 7.83. The van der Waals surface area contributed by atoms with Crippen LogP contribution in [0.4, 0.5) is 0 Å². The molecule has 24 heavy (non-hydrogen) atoms. The fraction of sp³-hybridized carbons (Fsp3) is 0.188. The molecule has 0 aliphatic rings. The molecule has 0 saturated heterocycles. The summed E-state index contributed by atoms with van der Waals surface area (Å²) >= 11 is 8.61. The van der Waals surface area contributed by atoms with Gasteiger partial charge >= 0.3 is 0 Å². The molecule has 2 aromatic heterocycles. The van der Waals surface area contributed by atoms with Crippen LogP contribution in [0.3, 0.4) is 0 Å². The third kappa shape index (κ3) is 4.37. The average Bonchev–Trinajstić information content (AvgIpc) is 3.22. The molecule has 3 aromatic rings. The van der Waals surface area contributed by atoms with Crippen LogP contribution >= 0.6 is 34.7 Å². The maximum atomic E-state index is 12.2. The summed E-state index contributed by atoms with van der Waals surface area (Å²) in [5.74, 6) is 0.683. The Kier molecular flexibility index (Phi) is 5.55. The molecule has 1 aromatic carbocycles. The molecule has 1 amide bonds. The van der Waals surface area contributed by atoms with Gasteiger partial charge in [-0.2, -0.15) is 0 Å². The van der Waals surface area contributed by atoms with Gasteiger partial charge in [-0.15, -0.1) is 21.5 Å². The Labute approximate surface area is 152 Å². The van der Waals surface area contributed by atoms with Crippen molar-refractivity contribution in [3.05, 3.63) is 51.7 Å². The van der Waals surface area contributed by atoms with E-state index in [1.807, 2.05) is 42.5 Å². The van der Waals surface area contributed by atoms with Gasteiger partial charge in [0.2, 0.25) is 11.8 Å². The van der Waals surface area contributed by atoms with E-state index in [2.05, 4.69) is 10.2 Å². The van der Waals surface area contributed by atoms with Crippen LogP contribution in [0.2, 0.25) is 4.34 Å². The second-order valence-corrected chi connectivity index (χ2v) is 7.71. The van der Waals surface area contributed by atoms with Gasteiger partial charge in [-0.05, 0) is 24.3 Å². The van der Waals surface area contributed by atoms with Gasteiger partial charge in [0, 0.05) is 17.5 Å². The van der Waals surface area contributed by atoms with E-state index in [4.69, 9.17) is 16.0 Å². The minimum atomic E-state index is -0.0102. The standard InChI is InChI=1S/C16H14ClN3O2S2/c1-20(9-12-7-8-13(17)24-12)14(21)10-23-16-19-18-15(22-16)11-5-3-2-4-6-11/h2-8H,9-10H2,1H3. The summed E-state index contributed by atoms with van der Waals surface area (Å²) in [5.41, 5.74) is 0.856. The summed E-state index contributed by atoms with van der Waals surface area (Å²) in [4.78, 5) is 14.9. The zero-order chi connectivity index (χ0) is 16.9. The fourth-order valence-corrected chi connectivity index (χ4v) is 3.80. The predicted octanol–water partition coefficient (Wildman–Crippen LogP) is 4.20. The number of thiophene rings is 1. The fourth-order valence-electron chi connectivity index (χ4n) is 1.96. The number of hydrogen-bond donors (Lipinski definition) is 0. The lowest BCUT2D eigenvalue weighted by Gasteiger charge is -2.15. The van der Waals surface area contributed by atoms with Crippen molar-refractivity contribution in [2.75, 3.05) is 12.8 Å². The highest BCUT2D eigenvalue weighted by Gasteiger charge is 2.14. The van der Waals surface area contributed by atoms with Crippen molar-refractivity contribution in [1.29, 1.82) is 0 Å². The summed E-state index contributed by atoms with van der Waals surface area (Å²) in [5, 5.41) is 8.36. The molecule has 0 radical (unpaired) electrons. The zero-order valence-corrected chi connectivity index (χ0v) is 15.2. The summed E-state index contributed by atoms with van der Waals surface area (Å²) in [7, 11) is 1.76. The Bertz CT molecular complexity index is 820. The van der Waals surface area contributed by atoms with Crippen molar-refractivity contribution in [2.24, 2.45) is 0 Å². The number of aromatic nitrogens is 2. The molecule has 0 unspecified atom stereocenters. The molecule has 0 aliphatic heterocycles. The molecular weight excluding hydrogens is 366 g/mol. The first-order valence-corrected chi connectivity index (χ1v) is 9.30. The van der Waals surface area contributed by atoms with Crippen molar-refractivity contribution in [3.63, 3.8) is 0 Å². The number of amides is 1. The van der Waals surface area contributed by atoms with Crippen molar-refractivity contribution in [1.82, 2.24) is 15.1 Å². The van der Waals surface area contributed by atoms with Crippen LogP contribution in [-0.2, 0) is 11.3 Å². The lowest BCUT2D eigenvalue weighted by Crippen LogP contribution is -2.27. The maximum absolute atomic E-state index is 12.2. The SMILES string of the molecule is CN(Cc1ccc(Cl)s1)C(=O)CSc1nnc(-c2ccccc2)o1. The van der Waals surface area contributed by atoms with Gasteiger partial charge in [-0.3, -0.25) is 4.79 Å². The minimum absolute atomic E-state index is 0.0102. The largest absolute Gasteiger partial charge is 0.411 e. The molecule has 0 spiro atoms. The van der Waals surface area contributed by atoms with Gasteiger partial charge in [0.25, 0.3) is 5.22 Å². The zero-order valence-electron chi connectivity index (χ0n) is 12.8. The van der Waals surface area contributed by atoms with E-state index in [0.29, 0.717) is 17.7 Å². The van der Waals surface area contributed by atoms with E-state index in [-0.39, 0.29) is 11.7 Å². The molecule has 124 valence electrons. The first-order valence-electron chi connectivity index (χ1n) is 7.12. The lowest BCUT2D eigenvalue weighted by molar-refractivity contribution is -0.127. The predicted molar refractivity (Wildman–Crippen MR) is 96.3 cm³/mol. The van der Waals surface area contributed by atoms with Crippen molar-refractivity contribution in [3.8, 4) is 11.5 Å². The second-order valence-electron chi connectivity index (χ2n) is 4.98. The molecule has 0 aliphatic carbocycles. The number of carbonyl (C=O) groups excluding carboxylic acids is 1. The van der Waals surface area contributed by atoms with Gasteiger partial charge in [0.05, 0.1) is 16.6 Å². The molecule has 0 saturated carbocycles. The van der Waals surface area contributed by atoms with Crippen LogP contribution in [0, 0.1) is 0 Å². The van der Waals surface area contributed by atoms with E-state index in [9.17, 15) is 4.79 Å². The molecule has 0 bridgehead atoms. The topological polar surface area (TPSA) is 59.2 Å². The van der Waals surface area contributed by atoms with Gasteiger partial charge < -0.3 is 9.32 Å². The Morgan fingerprint density at radius 3 is 2.75 bits per heavy atom. The van der Waals surface area contributed by atoms with Crippen molar-refractivity contribution < 1.29 is 9.21 Å². The first kappa shape index (κ1) is 17.0. The minimum Gasteiger partial charge on any atom is -0.411 e. The third-order valence-corrected chi connectivity index (χ3v) is 5.21. The highest BCUT2D eigenvalue weighted by Crippen LogP contribution is 2.24. The Morgan fingerprint density at radius 1 is 1.25 bits per heavy atom. The number of carbonyl (C=O) groups is 1. The quantitative estimate of drug-likeness (QED) is 0.600. The van der Waals surface area contributed by atoms with Gasteiger partial charge in [-0.25, -0.2) is 0 Å². The summed E-state index contributed by atoms with van der Waals surface area (Å²) in [6, 6.07) is 13.3. The number of benzene rings is 1. The third-order valence-electron chi connectivity index (χ3n) is 3.19. The molecule has 0 fully saturated rings. The van der Waals surface area contributed by atoms with E-state index >= 15 is 0 Å². The lowest BCUT2D eigenvalue weighted by atomic mass is 10.2.